The number of hydrogen-bond acceptors (Lipinski definition) is 6. The molecule has 0 spiro atoms. The summed E-state index contributed by atoms with van der Waals surface area (Å²) in [6.07, 6.45) is 1.63. The van der Waals surface area contributed by atoms with Gasteiger partial charge in [0.25, 0.3) is 11.1 Å². The normalized spacial score (nSPS) is 10.8. The third kappa shape index (κ3) is 4.02. The lowest BCUT2D eigenvalue weighted by atomic mass is 10.2. The fourth-order valence-electron chi connectivity index (χ4n) is 3.02. The predicted molar refractivity (Wildman–Crippen MR) is 109 cm³/mol. The van der Waals surface area contributed by atoms with Crippen LogP contribution < -0.4 is 11.1 Å². The van der Waals surface area contributed by atoms with Gasteiger partial charge in [0.1, 0.15) is 12.3 Å². The highest BCUT2D eigenvalue weighted by Gasteiger charge is 2.13. The minimum Gasteiger partial charge on any atom is -0.454 e. The zero-order valence-electron chi connectivity index (χ0n) is 16.2. The van der Waals surface area contributed by atoms with E-state index in [4.69, 9.17) is 4.74 Å². The second-order valence-electron chi connectivity index (χ2n) is 6.75. The summed E-state index contributed by atoms with van der Waals surface area (Å²) >= 11 is 0. The first-order valence-corrected chi connectivity index (χ1v) is 9.28. The van der Waals surface area contributed by atoms with Crippen LogP contribution in [0.4, 0.5) is 0 Å². The van der Waals surface area contributed by atoms with E-state index in [9.17, 15) is 14.4 Å². The molecule has 0 saturated carbocycles. The van der Waals surface area contributed by atoms with Crippen molar-refractivity contribution in [1.29, 1.82) is 0 Å². The number of aromatic nitrogens is 4. The van der Waals surface area contributed by atoms with Crippen LogP contribution in [0.2, 0.25) is 0 Å². The molecule has 8 nitrogen and oxygen atoms in total. The molecule has 3 aromatic heterocycles. The number of aryl methyl sites for hydroxylation is 1. The Morgan fingerprint density at radius 1 is 1.00 bits per heavy atom. The first-order valence-electron chi connectivity index (χ1n) is 9.28. The molecule has 4 aromatic rings. The predicted octanol–water partition coefficient (Wildman–Crippen LogP) is 1.96. The summed E-state index contributed by atoms with van der Waals surface area (Å²) in [6, 6.07) is 16.9. The topological polar surface area (TPSA) is 95.6 Å². The zero-order chi connectivity index (χ0) is 21.1. The lowest BCUT2D eigenvalue weighted by Gasteiger charge is -2.08. The van der Waals surface area contributed by atoms with Gasteiger partial charge in [-0.25, -0.2) is 14.5 Å². The molecule has 0 aliphatic rings. The number of ether oxygens (including phenoxy) is 1. The molecule has 0 aliphatic heterocycles. The standard InChI is InChI=1S/C22H18N4O4/c1-15-6-5-11-25-20(28)12-17(23-21(15)25)14-30-22(29)18-9-10-19(27)26(24-18)13-16-7-3-2-4-8-16/h2-12H,13-14H2,1H3. The van der Waals surface area contributed by atoms with E-state index in [1.807, 2.05) is 43.3 Å². The molecular formula is C22H18N4O4. The number of benzene rings is 1. The van der Waals surface area contributed by atoms with Crippen LogP contribution >= 0.6 is 0 Å². The summed E-state index contributed by atoms with van der Waals surface area (Å²) in [5.41, 5.74) is 1.97. The summed E-state index contributed by atoms with van der Waals surface area (Å²) in [7, 11) is 0. The number of carbonyl (C=O) groups is 1. The number of rotatable bonds is 5. The summed E-state index contributed by atoms with van der Waals surface area (Å²) in [4.78, 5) is 41.2. The number of carbonyl (C=O) groups excluding carboxylic acids is 1. The Bertz CT molecular complexity index is 1340. The van der Waals surface area contributed by atoms with Gasteiger partial charge in [-0.15, -0.1) is 0 Å². The molecule has 4 rings (SSSR count). The second kappa shape index (κ2) is 8.12. The molecule has 1 aromatic carbocycles. The Morgan fingerprint density at radius 3 is 2.60 bits per heavy atom. The van der Waals surface area contributed by atoms with Gasteiger partial charge in [-0.05, 0) is 30.2 Å². The summed E-state index contributed by atoms with van der Waals surface area (Å²) < 4.78 is 7.91. The van der Waals surface area contributed by atoms with E-state index < -0.39 is 5.97 Å². The van der Waals surface area contributed by atoms with E-state index in [2.05, 4.69) is 10.1 Å². The van der Waals surface area contributed by atoms with Gasteiger partial charge < -0.3 is 4.74 Å². The molecular weight excluding hydrogens is 384 g/mol. The Labute approximate surface area is 171 Å². The van der Waals surface area contributed by atoms with E-state index in [-0.39, 0.29) is 30.0 Å². The van der Waals surface area contributed by atoms with Crippen molar-refractivity contribution in [3.63, 3.8) is 0 Å². The smallest absolute Gasteiger partial charge is 0.359 e. The third-order valence-corrected chi connectivity index (χ3v) is 4.54. The fourth-order valence-corrected chi connectivity index (χ4v) is 3.02. The van der Waals surface area contributed by atoms with Crippen molar-refractivity contribution in [1.82, 2.24) is 19.2 Å². The van der Waals surface area contributed by atoms with Gasteiger partial charge in [-0.3, -0.25) is 14.0 Å². The molecule has 0 bridgehead atoms. The third-order valence-electron chi connectivity index (χ3n) is 4.54. The average molecular weight is 402 g/mol. The lowest BCUT2D eigenvalue weighted by Crippen LogP contribution is -2.25. The van der Waals surface area contributed by atoms with Crippen LogP contribution in [0.3, 0.4) is 0 Å². The Hall–Kier alpha value is -4.07. The largest absolute Gasteiger partial charge is 0.454 e. The summed E-state index contributed by atoms with van der Waals surface area (Å²) in [6.45, 7) is 1.90. The van der Waals surface area contributed by atoms with Crippen molar-refractivity contribution in [2.24, 2.45) is 0 Å². The maximum atomic E-state index is 12.4. The number of hydrogen-bond donors (Lipinski definition) is 0. The van der Waals surface area contributed by atoms with Crippen molar-refractivity contribution in [3.05, 3.63) is 110 Å². The molecule has 30 heavy (non-hydrogen) atoms. The second-order valence-corrected chi connectivity index (χ2v) is 6.75. The van der Waals surface area contributed by atoms with Gasteiger partial charge in [0.2, 0.25) is 0 Å². The zero-order valence-corrected chi connectivity index (χ0v) is 16.2. The highest BCUT2D eigenvalue weighted by Crippen LogP contribution is 2.07. The van der Waals surface area contributed by atoms with E-state index >= 15 is 0 Å². The maximum Gasteiger partial charge on any atom is 0.359 e. The molecule has 0 saturated heterocycles. The van der Waals surface area contributed by atoms with E-state index in [1.165, 1.54) is 27.3 Å². The van der Waals surface area contributed by atoms with Crippen LogP contribution in [0.25, 0.3) is 5.65 Å². The molecule has 0 atom stereocenters. The highest BCUT2D eigenvalue weighted by atomic mass is 16.5. The number of pyridine rings is 1. The average Bonchev–Trinajstić information content (AvgIpc) is 2.75. The Morgan fingerprint density at radius 2 is 1.80 bits per heavy atom. The van der Waals surface area contributed by atoms with Crippen molar-refractivity contribution in [3.8, 4) is 0 Å². The SMILES string of the molecule is Cc1cccn2c(=O)cc(COC(=O)c3ccc(=O)n(Cc4ccccc4)n3)nc12. The molecule has 0 amide bonds. The minimum absolute atomic E-state index is 0.000720. The monoisotopic (exact) mass is 402 g/mol. The molecule has 0 N–H and O–H groups in total. The lowest BCUT2D eigenvalue weighted by molar-refractivity contribution is 0.0457. The van der Waals surface area contributed by atoms with Crippen LogP contribution in [0.5, 0.6) is 0 Å². The van der Waals surface area contributed by atoms with Crippen LogP contribution in [-0.2, 0) is 17.9 Å². The Kier molecular flexibility index (Phi) is 5.21. The fraction of sp³-hybridized carbons (Fsp3) is 0.136. The molecule has 0 fully saturated rings. The molecule has 150 valence electrons. The van der Waals surface area contributed by atoms with E-state index in [0.29, 0.717) is 11.3 Å². The van der Waals surface area contributed by atoms with Gasteiger partial charge in [0.15, 0.2) is 5.69 Å². The molecule has 3 heterocycles. The first-order chi connectivity index (χ1) is 14.5. The molecule has 8 heteroatoms. The van der Waals surface area contributed by atoms with E-state index in [0.717, 1.165) is 11.1 Å². The minimum atomic E-state index is -0.705. The van der Waals surface area contributed by atoms with Crippen molar-refractivity contribution in [2.75, 3.05) is 0 Å². The Balaban J connectivity index is 1.53. The summed E-state index contributed by atoms with van der Waals surface area (Å²) in [5, 5.41) is 4.10. The number of nitrogens with zero attached hydrogens (tertiary/aromatic N) is 4. The quantitative estimate of drug-likeness (QED) is 0.474. The van der Waals surface area contributed by atoms with Crippen LogP contribution in [0.1, 0.15) is 27.3 Å². The number of esters is 1. The van der Waals surface area contributed by atoms with Gasteiger partial charge >= 0.3 is 5.97 Å². The van der Waals surface area contributed by atoms with Crippen LogP contribution in [-0.4, -0.2) is 25.1 Å². The van der Waals surface area contributed by atoms with E-state index in [1.54, 1.807) is 12.3 Å². The first kappa shape index (κ1) is 19.3. The molecule has 0 radical (unpaired) electrons. The number of fused-ring (bicyclic) bond motifs is 1. The summed E-state index contributed by atoms with van der Waals surface area (Å²) in [5.74, 6) is -0.705. The van der Waals surface area contributed by atoms with Crippen molar-refractivity contribution >= 4 is 11.6 Å². The highest BCUT2D eigenvalue weighted by molar-refractivity contribution is 5.86. The van der Waals surface area contributed by atoms with Crippen LogP contribution in [0.15, 0.2) is 76.4 Å². The van der Waals surface area contributed by atoms with Gasteiger partial charge in [0.05, 0.1) is 12.2 Å². The molecule has 0 unspecified atom stereocenters. The van der Waals surface area contributed by atoms with Gasteiger partial charge in [-0.2, -0.15) is 5.10 Å². The van der Waals surface area contributed by atoms with Gasteiger partial charge in [0, 0.05) is 18.3 Å². The van der Waals surface area contributed by atoms with Crippen LogP contribution in [0, 0.1) is 6.92 Å². The van der Waals surface area contributed by atoms with Crippen molar-refractivity contribution in [2.45, 2.75) is 20.1 Å². The maximum absolute atomic E-state index is 12.4. The molecule has 0 aliphatic carbocycles. The van der Waals surface area contributed by atoms with Gasteiger partial charge in [-0.1, -0.05) is 36.4 Å². The van der Waals surface area contributed by atoms with Crippen molar-refractivity contribution < 1.29 is 9.53 Å².